The molecular weight excluding hydrogens is 282 g/mol. The molecule has 0 unspecified atom stereocenters. The van der Waals surface area contributed by atoms with Crippen molar-refractivity contribution in [3.05, 3.63) is 35.9 Å². The minimum absolute atomic E-state index is 0.0482. The Kier molecular flexibility index (Phi) is 7.10. The van der Waals surface area contributed by atoms with Crippen LogP contribution in [0.15, 0.2) is 30.3 Å². The zero-order valence-electron chi connectivity index (χ0n) is 12.7. The number of ether oxygens (including phenoxy) is 1. The highest BCUT2D eigenvalue weighted by molar-refractivity contribution is 7.99. The molecule has 1 aliphatic carbocycles. The lowest BCUT2D eigenvalue weighted by Crippen LogP contribution is -2.32. The largest absolute Gasteiger partial charge is 0.367 e. The Labute approximate surface area is 131 Å². The molecule has 1 amide bonds. The lowest BCUT2D eigenvalue weighted by atomic mass is 10.0. The van der Waals surface area contributed by atoms with Gasteiger partial charge >= 0.3 is 0 Å². The van der Waals surface area contributed by atoms with E-state index in [1.54, 1.807) is 7.11 Å². The lowest BCUT2D eigenvalue weighted by Gasteiger charge is -2.21. The van der Waals surface area contributed by atoms with Crippen molar-refractivity contribution >= 4 is 17.7 Å². The molecule has 1 fully saturated rings. The monoisotopic (exact) mass is 307 g/mol. The molecule has 21 heavy (non-hydrogen) atoms. The van der Waals surface area contributed by atoms with Crippen molar-refractivity contribution in [2.45, 2.75) is 43.5 Å². The van der Waals surface area contributed by atoms with Crippen molar-refractivity contribution < 1.29 is 9.53 Å². The van der Waals surface area contributed by atoms with E-state index in [2.05, 4.69) is 5.32 Å². The molecule has 4 heteroatoms. The van der Waals surface area contributed by atoms with E-state index in [0.717, 1.165) is 16.6 Å². The van der Waals surface area contributed by atoms with Crippen LogP contribution < -0.4 is 5.32 Å². The summed E-state index contributed by atoms with van der Waals surface area (Å²) in [5.41, 5.74) is 0.900. The summed E-state index contributed by atoms with van der Waals surface area (Å²) in [5.74, 6) is 0.940. The molecule has 1 aromatic carbocycles. The smallest absolute Gasteiger partial charge is 0.253 e. The van der Waals surface area contributed by atoms with E-state index in [0.29, 0.717) is 6.54 Å². The first-order chi connectivity index (χ1) is 10.3. The Morgan fingerprint density at radius 1 is 1.29 bits per heavy atom. The highest BCUT2D eigenvalue weighted by atomic mass is 32.2. The minimum atomic E-state index is -0.508. The van der Waals surface area contributed by atoms with Gasteiger partial charge in [-0.05, 0) is 18.4 Å². The summed E-state index contributed by atoms with van der Waals surface area (Å²) >= 11 is 2.00. The Morgan fingerprint density at radius 2 is 2.00 bits per heavy atom. The molecule has 0 spiro atoms. The van der Waals surface area contributed by atoms with Crippen LogP contribution in [0.25, 0.3) is 0 Å². The maximum atomic E-state index is 12.2. The summed E-state index contributed by atoms with van der Waals surface area (Å²) in [5, 5.41) is 3.78. The third-order valence-corrected chi connectivity index (χ3v) is 5.27. The van der Waals surface area contributed by atoms with Crippen molar-refractivity contribution in [1.82, 2.24) is 5.32 Å². The van der Waals surface area contributed by atoms with Gasteiger partial charge in [0.2, 0.25) is 0 Å². The molecule has 1 aliphatic rings. The molecule has 116 valence electrons. The normalized spacial score (nSPS) is 17.4. The molecule has 0 aliphatic heterocycles. The Balaban J connectivity index is 1.70. The van der Waals surface area contributed by atoms with Crippen molar-refractivity contribution in [3.8, 4) is 0 Å². The molecule has 1 N–H and O–H groups in total. The summed E-state index contributed by atoms with van der Waals surface area (Å²) in [6.07, 6.45) is 6.28. The van der Waals surface area contributed by atoms with E-state index in [4.69, 9.17) is 4.74 Å². The fourth-order valence-corrected chi connectivity index (χ4v) is 3.97. The van der Waals surface area contributed by atoms with Crippen molar-refractivity contribution in [2.75, 3.05) is 19.4 Å². The molecule has 0 heterocycles. The summed E-state index contributed by atoms with van der Waals surface area (Å²) < 4.78 is 5.33. The second kappa shape index (κ2) is 9.11. The molecule has 0 saturated heterocycles. The number of carbonyl (C=O) groups is 1. The van der Waals surface area contributed by atoms with Gasteiger partial charge in [-0.2, -0.15) is 11.8 Å². The van der Waals surface area contributed by atoms with Crippen molar-refractivity contribution in [3.63, 3.8) is 0 Å². The SMILES string of the molecule is CO[C@H](C(=O)NCCSC1CCCCC1)c1ccccc1. The second-order valence-corrected chi connectivity index (χ2v) is 6.86. The number of nitrogens with one attached hydrogen (secondary N) is 1. The van der Waals surface area contributed by atoms with E-state index in [-0.39, 0.29) is 5.91 Å². The van der Waals surface area contributed by atoms with E-state index >= 15 is 0 Å². The number of rotatable bonds is 7. The van der Waals surface area contributed by atoms with Gasteiger partial charge in [0.15, 0.2) is 6.10 Å². The van der Waals surface area contributed by atoms with Crippen LogP contribution in [0.4, 0.5) is 0 Å². The predicted octanol–water partition coefficient (Wildman–Crippen LogP) is 3.56. The average molecular weight is 307 g/mol. The lowest BCUT2D eigenvalue weighted by molar-refractivity contribution is -0.131. The zero-order valence-corrected chi connectivity index (χ0v) is 13.5. The average Bonchev–Trinajstić information content (AvgIpc) is 2.54. The van der Waals surface area contributed by atoms with Crippen LogP contribution in [0.5, 0.6) is 0 Å². The molecule has 2 rings (SSSR count). The van der Waals surface area contributed by atoms with Gasteiger partial charge in [0.25, 0.3) is 5.91 Å². The summed E-state index contributed by atoms with van der Waals surface area (Å²) in [4.78, 5) is 12.2. The van der Waals surface area contributed by atoms with E-state index in [1.807, 2.05) is 42.1 Å². The number of thioether (sulfide) groups is 1. The number of carbonyl (C=O) groups excluding carboxylic acids is 1. The molecule has 3 nitrogen and oxygen atoms in total. The molecular formula is C17H25NO2S. The molecule has 1 saturated carbocycles. The van der Waals surface area contributed by atoms with Crippen molar-refractivity contribution in [2.24, 2.45) is 0 Å². The van der Waals surface area contributed by atoms with E-state index in [9.17, 15) is 4.79 Å². The number of methoxy groups -OCH3 is 1. The topological polar surface area (TPSA) is 38.3 Å². The molecule has 0 aromatic heterocycles. The Bertz CT molecular complexity index is 418. The van der Waals surface area contributed by atoms with Gasteiger partial charge in [-0.25, -0.2) is 0 Å². The standard InChI is InChI=1S/C17H25NO2S/c1-20-16(14-8-4-2-5-9-14)17(19)18-12-13-21-15-10-6-3-7-11-15/h2,4-5,8-9,15-16H,3,6-7,10-13H2,1H3,(H,18,19)/t16-/m0/s1. The maximum absolute atomic E-state index is 12.2. The van der Waals surface area contributed by atoms with E-state index < -0.39 is 6.10 Å². The maximum Gasteiger partial charge on any atom is 0.253 e. The second-order valence-electron chi connectivity index (χ2n) is 5.45. The fourth-order valence-electron chi connectivity index (χ4n) is 2.75. The van der Waals surface area contributed by atoms with Crippen molar-refractivity contribution in [1.29, 1.82) is 0 Å². The molecule has 0 radical (unpaired) electrons. The third kappa shape index (κ3) is 5.36. The Hall–Kier alpha value is -1.00. The first-order valence-electron chi connectivity index (χ1n) is 7.78. The molecule has 1 atom stereocenters. The van der Waals surface area contributed by atoms with Crippen LogP contribution in [0.3, 0.4) is 0 Å². The van der Waals surface area contributed by atoms with Gasteiger partial charge in [-0.3, -0.25) is 4.79 Å². The molecule has 0 bridgehead atoms. The Morgan fingerprint density at radius 3 is 2.67 bits per heavy atom. The summed E-state index contributed by atoms with van der Waals surface area (Å²) in [7, 11) is 1.58. The number of benzene rings is 1. The highest BCUT2D eigenvalue weighted by Crippen LogP contribution is 2.27. The minimum Gasteiger partial charge on any atom is -0.367 e. The van der Waals surface area contributed by atoms with Crippen LogP contribution in [0.1, 0.15) is 43.8 Å². The third-order valence-electron chi connectivity index (χ3n) is 3.88. The number of hydrogen-bond donors (Lipinski definition) is 1. The first-order valence-corrected chi connectivity index (χ1v) is 8.83. The van der Waals surface area contributed by atoms with Crippen LogP contribution in [-0.4, -0.2) is 30.6 Å². The predicted molar refractivity (Wildman–Crippen MR) is 88.5 cm³/mol. The van der Waals surface area contributed by atoms with Gasteiger partial charge in [0.05, 0.1) is 0 Å². The fraction of sp³-hybridized carbons (Fsp3) is 0.588. The van der Waals surface area contributed by atoms with Crippen LogP contribution in [0, 0.1) is 0 Å². The van der Waals surface area contributed by atoms with Gasteiger partial charge in [0.1, 0.15) is 0 Å². The number of amides is 1. The van der Waals surface area contributed by atoms with Gasteiger partial charge in [-0.15, -0.1) is 0 Å². The summed E-state index contributed by atoms with van der Waals surface area (Å²) in [6, 6.07) is 9.63. The van der Waals surface area contributed by atoms with Crippen LogP contribution >= 0.6 is 11.8 Å². The van der Waals surface area contributed by atoms with Crippen LogP contribution in [-0.2, 0) is 9.53 Å². The van der Waals surface area contributed by atoms with Gasteiger partial charge in [0, 0.05) is 24.7 Å². The summed E-state index contributed by atoms with van der Waals surface area (Å²) in [6.45, 7) is 0.715. The van der Waals surface area contributed by atoms with Crippen LogP contribution in [0.2, 0.25) is 0 Å². The van der Waals surface area contributed by atoms with Gasteiger partial charge < -0.3 is 10.1 Å². The highest BCUT2D eigenvalue weighted by Gasteiger charge is 2.19. The first kappa shape index (κ1) is 16.4. The number of hydrogen-bond acceptors (Lipinski definition) is 3. The quantitative estimate of drug-likeness (QED) is 0.783. The zero-order chi connectivity index (χ0) is 14.9. The van der Waals surface area contributed by atoms with Gasteiger partial charge in [-0.1, -0.05) is 49.6 Å². The molecule has 1 aromatic rings. The van der Waals surface area contributed by atoms with E-state index in [1.165, 1.54) is 32.1 Å².